The number of nitrogens with one attached hydrogen (secondary N) is 1. The van der Waals surface area contributed by atoms with E-state index in [1.807, 2.05) is 11.5 Å². The zero-order valence-corrected chi connectivity index (χ0v) is 17.0. The predicted octanol–water partition coefficient (Wildman–Crippen LogP) is 1.86. The second-order valence-corrected chi connectivity index (χ2v) is 8.89. The van der Waals surface area contributed by atoms with Gasteiger partial charge in [0.25, 0.3) is 5.91 Å². The highest BCUT2D eigenvalue weighted by Gasteiger charge is 2.27. The topological polar surface area (TPSA) is 133 Å². The van der Waals surface area contributed by atoms with Gasteiger partial charge in [0.1, 0.15) is 21.9 Å². The summed E-state index contributed by atoms with van der Waals surface area (Å²) in [6.45, 7) is 4.39. The highest BCUT2D eigenvalue weighted by Crippen LogP contribution is 2.39. The molecule has 0 radical (unpaired) electrons. The lowest BCUT2D eigenvalue weighted by Crippen LogP contribution is -2.29. The quantitative estimate of drug-likeness (QED) is 0.606. The van der Waals surface area contributed by atoms with E-state index in [1.165, 1.54) is 12.1 Å². The summed E-state index contributed by atoms with van der Waals surface area (Å²) in [6.07, 6.45) is 5.19. The van der Waals surface area contributed by atoms with Gasteiger partial charge in [-0.3, -0.25) is 9.78 Å². The third-order valence-electron chi connectivity index (χ3n) is 5.02. The van der Waals surface area contributed by atoms with Crippen LogP contribution in [0.1, 0.15) is 60.7 Å². The molecule has 1 aliphatic rings. The largest absolute Gasteiger partial charge is 0.364 e. The van der Waals surface area contributed by atoms with Gasteiger partial charge in [-0.25, -0.2) is 23.1 Å². The van der Waals surface area contributed by atoms with Gasteiger partial charge < -0.3 is 10.3 Å². The van der Waals surface area contributed by atoms with E-state index in [0.29, 0.717) is 18.3 Å². The fraction of sp³-hybridized carbons (Fsp3) is 0.368. The van der Waals surface area contributed by atoms with Crippen LogP contribution >= 0.6 is 0 Å². The molecule has 0 saturated heterocycles. The number of primary amides is 1. The first-order valence-electron chi connectivity index (χ1n) is 9.44. The van der Waals surface area contributed by atoms with Crippen molar-refractivity contribution in [1.82, 2.24) is 24.2 Å². The molecule has 1 fully saturated rings. The average molecular weight is 414 g/mol. The van der Waals surface area contributed by atoms with Crippen LogP contribution in [-0.2, 0) is 16.6 Å². The smallest absolute Gasteiger partial charge is 0.267 e. The summed E-state index contributed by atoms with van der Waals surface area (Å²) >= 11 is 0. The van der Waals surface area contributed by atoms with E-state index >= 15 is 0 Å². The van der Waals surface area contributed by atoms with Crippen molar-refractivity contribution in [2.75, 3.05) is 0 Å². The molecule has 0 aliphatic heterocycles. The van der Waals surface area contributed by atoms with Gasteiger partial charge in [-0.05, 0) is 44.9 Å². The molecule has 1 saturated carbocycles. The third kappa shape index (κ3) is 3.73. The average Bonchev–Trinajstić information content (AvgIpc) is 3.47. The number of imidazole rings is 1. The van der Waals surface area contributed by atoms with Crippen LogP contribution in [0.25, 0.3) is 11.0 Å². The highest BCUT2D eigenvalue weighted by atomic mass is 32.2. The molecule has 1 aliphatic carbocycles. The second-order valence-electron chi connectivity index (χ2n) is 7.17. The van der Waals surface area contributed by atoms with E-state index < -0.39 is 22.0 Å². The Morgan fingerprint density at radius 2 is 2.07 bits per heavy atom. The first-order chi connectivity index (χ1) is 13.8. The second kappa shape index (κ2) is 7.20. The molecule has 3 heterocycles. The summed E-state index contributed by atoms with van der Waals surface area (Å²) in [5.41, 5.74) is 7.91. The number of amides is 1. The maximum absolute atomic E-state index is 12.7. The minimum absolute atomic E-state index is 0.00346. The summed E-state index contributed by atoms with van der Waals surface area (Å²) in [6, 6.07) is 4.07. The Morgan fingerprint density at radius 3 is 2.66 bits per heavy atom. The minimum atomic E-state index is -3.86. The van der Waals surface area contributed by atoms with E-state index in [4.69, 9.17) is 5.73 Å². The fourth-order valence-electron chi connectivity index (χ4n) is 3.37. The zero-order valence-electron chi connectivity index (χ0n) is 16.2. The molecule has 3 aromatic heterocycles. The van der Waals surface area contributed by atoms with Gasteiger partial charge in [-0.1, -0.05) is 0 Å². The number of carbonyl (C=O) groups excluding carboxylic acids is 1. The molecule has 0 unspecified atom stereocenters. The Labute approximate surface area is 168 Å². The number of hydrogen-bond acceptors (Lipinski definition) is 6. The number of rotatable bonds is 7. The zero-order chi connectivity index (χ0) is 20.8. The highest BCUT2D eigenvalue weighted by molar-refractivity contribution is 7.89. The van der Waals surface area contributed by atoms with Gasteiger partial charge in [-0.15, -0.1) is 0 Å². The summed E-state index contributed by atoms with van der Waals surface area (Å²) in [4.78, 5) is 24.0. The number of hydrogen-bond donors (Lipinski definition) is 2. The van der Waals surface area contributed by atoms with Crippen molar-refractivity contribution in [2.24, 2.45) is 5.73 Å². The molecular weight excluding hydrogens is 392 g/mol. The minimum Gasteiger partial charge on any atom is -0.364 e. The lowest BCUT2D eigenvalue weighted by molar-refractivity contribution is 0.0995. The SMILES string of the molecule is CCn1c([C@@H](C)NS(=O)(=O)c2ccc(C(N)=O)nc2)nc2cnc(C3CC3)cc21. The lowest BCUT2D eigenvalue weighted by atomic mass is 10.2. The third-order valence-corrected chi connectivity index (χ3v) is 6.54. The monoisotopic (exact) mass is 414 g/mol. The number of pyridine rings is 2. The predicted molar refractivity (Wildman–Crippen MR) is 107 cm³/mol. The van der Waals surface area contributed by atoms with Crippen LogP contribution in [0.15, 0.2) is 35.5 Å². The number of fused-ring (bicyclic) bond motifs is 1. The Kier molecular flexibility index (Phi) is 4.83. The van der Waals surface area contributed by atoms with Crippen molar-refractivity contribution in [3.05, 3.63) is 47.8 Å². The van der Waals surface area contributed by atoms with Crippen LogP contribution in [0.3, 0.4) is 0 Å². The number of nitrogens with two attached hydrogens (primary N) is 1. The standard InChI is InChI=1S/C19H22N6O3S/c1-3-25-17-8-15(12-4-5-12)22-10-16(17)23-19(25)11(2)24-29(27,28)13-6-7-14(18(20)26)21-9-13/h6-12,24H,3-5H2,1-2H3,(H2,20,26)/t11-/m1/s1. The van der Waals surface area contributed by atoms with Crippen LogP contribution in [0, 0.1) is 0 Å². The van der Waals surface area contributed by atoms with Crippen molar-refractivity contribution < 1.29 is 13.2 Å². The summed E-state index contributed by atoms with van der Waals surface area (Å²) in [7, 11) is -3.86. The summed E-state index contributed by atoms with van der Waals surface area (Å²) in [5, 5.41) is 0. The van der Waals surface area contributed by atoms with Crippen LogP contribution in [0.5, 0.6) is 0 Å². The molecule has 152 valence electrons. The summed E-state index contributed by atoms with van der Waals surface area (Å²) in [5.74, 6) is 0.420. The van der Waals surface area contributed by atoms with Crippen LogP contribution < -0.4 is 10.5 Å². The Balaban J connectivity index is 1.64. The number of aromatic nitrogens is 4. The maximum atomic E-state index is 12.7. The normalized spacial score (nSPS) is 15.5. The van der Waals surface area contributed by atoms with Crippen molar-refractivity contribution in [1.29, 1.82) is 0 Å². The molecule has 10 heteroatoms. The lowest BCUT2D eigenvalue weighted by Gasteiger charge is -2.15. The molecule has 4 rings (SSSR count). The van der Waals surface area contributed by atoms with Gasteiger partial charge in [-0.2, -0.15) is 0 Å². The molecule has 3 aromatic rings. The first-order valence-corrected chi connectivity index (χ1v) is 10.9. The van der Waals surface area contributed by atoms with Gasteiger partial charge >= 0.3 is 0 Å². The van der Waals surface area contributed by atoms with E-state index in [-0.39, 0.29) is 10.6 Å². The molecule has 0 aromatic carbocycles. The van der Waals surface area contributed by atoms with Gasteiger partial charge in [0, 0.05) is 24.4 Å². The molecule has 3 N–H and O–H groups in total. The molecule has 29 heavy (non-hydrogen) atoms. The van der Waals surface area contributed by atoms with E-state index in [0.717, 1.165) is 35.8 Å². The summed E-state index contributed by atoms with van der Waals surface area (Å²) < 4.78 is 30.1. The molecular formula is C19H22N6O3S. The molecule has 0 bridgehead atoms. The fourth-order valence-corrected chi connectivity index (χ4v) is 4.51. The first kappa shape index (κ1) is 19.5. The number of sulfonamides is 1. The number of carbonyl (C=O) groups is 1. The van der Waals surface area contributed by atoms with Crippen molar-refractivity contribution >= 4 is 27.0 Å². The van der Waals surface area contributed by atoms with Crippen molar-refractivity contribution in [3.8, 4) is 0 Å². The Morgan fingerprint density at radius 1 is 1.31 bits per heavy atom. The number of nitrogens with zero attached hydrogens (tertiary/aromatic N) is 4. The Bertz CT molecular complexity index is 1180. The molecule has 1 atom stereocenters. The van der Waals surface area contributed by atoms with Gasteiger partial charge in [0.15, 0.2) is 0 Å². The van der Waals surface area contributed by atoms with Crippen LogP contribution in [0.4, 0.5) is 0 Å². The Hall–Kier alpha value is -2.85. The van der Waals surface area contributed by atoms with E-state index in [1.54, 1.807) is 13.1 Å². The number of aryl methyl sites for hydroxylation is 1. The maximum Gasteiger partial charge on any atom is 0.267 e. The van der Waals surface area contributed by atoms with E-state index in [2.05, 4.69) is 25.7 Å². The van der Waals surface area contributed by atoms with Gasteiger partial charge in [0.2, 0.25) is 10.0 Å². The molecule has 9 nitrogen and oxygen atoms in total. The van der Waals surface area contributed by atoms with Crippen molar-refractivity contribution in [3.63, 3.8) is 0 Å². The van der Waals surface area contributed by atoms with Gasteiger partial charge in [0.05, 0.1) is 17.8 Å². The van der Waals surface area contributed by atoms with Crippen LogP contribution in [-0.4, -0.2) is 33.8 Å². The molecule has 1 amide bonds. The molecule has 0 spiro atoms. The van der Waals surface area contributed by atoms with Crippen LogP contribution in [0.2, 0.25) is 0 Å². The van der Waals surface area contributed by atoms with Crippen molar-refractivity contribution in [2.45, 2.75) is 50.1 Å². The van der Waals surface area contributed by atoms with E-state index in [9.17, 15) is 13.2 Å².